The zero-order valence-electron chi connectivity index (χ0n) is 9.53. The molecule has 0 saturated heterocycles. The van der Waals surface area contributed by atoms with Crippen molar-refractivity contribution in [3.8, 4) is 0 Å². The molecule has 2 aromatic carbocycles. The van der Waals surface area contributed by atoms with Gasteiger partial charge < -0.3 is 5.73 Å². The molecule has 0 unspecified atom stereocenters. The van der Waals surface area contributed by atoms with Crippen LogP contribution in [0.5, 0.6) is 0 Å². The molecule has 0 aromatic heterocycles. The molecule has 0 amide bonds. The highest BCUT2D eigenvalue weighted by atomic mass is 32.2. The first kappa shape index (κ1) is 11.1. The number of benzene rings is 2. The van der Waals surface area contributed by atoms with Crippen LogP contribution in [0.2, 0.25) is 0 Å². The molecule has 0 heterocycles. The summed E-state index contributed by atoms with van der Waals surface area (Å²) in [5.41, 5.74) is 9.43. The van der Waals surface area contributed by atoms with Gasteiger partial charge >= 0.3 is 0 Å². The Labute approximate surface area is 101 Å². The second kappa shape index (κ2) is 4.62. The maximum Gasteiger partial charge on any atom is 0.0455 e. The average Bonchev–Trinajstić information content (AvgIpc) is 2.28. The minimum atomic E-state index is 0.841. The van der Waals surface area contributed by atoms with Crippen molar-refractivity contribution < 1.29 is 0 Å². The Bertz CT molecular complexity index is 506. The van der Waals surface area contributed by atoms with Gasteiger partial charge in [0.1, 0.15) is 0 Å². The predicted molar refractivity (Wildman–Crippen MR) is 70.9 cm³/mol. The van der Waals surface area contributed by atoms with Crippen molar-refractivity contribution in [2.75, 3.05) is 5.73 Å². The van der Waals surface area contributed by atoms with E-state index in [0.29, 0.717) is 0 Å². The van der Waals surface area contributed by atoms with Crippen LogP contribution >= 0.6 is 11.8 Å². The summed E-state index contributed by atoms with van der Waals surface area (Å²) in [4.78, 5) is 2.40. The van der Waals surface area contributed by atoms with E-state index in [1.54, 1.807) is 11.8 Å². The molecular weight excluding hydrogens is 214 g/mol. The molecule has 0 aliphatic rings. The third-order valence-electron chi connectivity index (χ3n) is 2.69. The monoisotopic (exact) mass is 229 g/mol. The Morgan fingerprint density at radius 3 is 2.31 bits per heavy atom. The molecule has 2 aromatic rings. The van der Waals surface area contributed by atoms with E-state index in [2.05, 4.69) is 38.1 Å². The zero-order valence-corrected chi connectivity index (χ0v) is 10.3. The van der Waals surface area contributed by atoms with E-state index in [0.717, 1.165) is 10.6 Å². The number of aryl methyl sites for hydroxylation is 1. The summed E-state index contributed by atoms with van der Waals surface area (Å²) in [6.45, 7) is 4.28. The number of nitrogens with two attached hydrogens (primary N) is 1. The molecule has 1 nitrogen and oxygen atoms in total. The van der Waals surface area contributed by atoms with Gasteiger partial charge in [0.05, 0.1) is 0 Å². The summed E-state index contributed by atoms with van der Waals surface area (Å²) in [6.07, 6.45) is 0. The smallest absolute Gasteiger partial charge is 0.0455 e. The van der Waals surface area contributed by atoms with Gasteiger partial charge in [-0.15, -0.1) is 0 Å². The lowest BCUT2D eigenvalue weighted by atomic mass is 10.1. The van der Waals surface area contributed by atoms with E-state index in [1.807, 2.05) is 18.2 Å². The first-order valence-electron chi connectivity index (χ1n) is 5.27. The Balaban J connectivity index is 2.35. The fraction of sp³-hybridized carbons (Fsp3) is 0.143. The standard InChI is InChI=1S/C14H15NS/c1-10-6-5-9-13(11(10)2)16-14-8-4-3-7-12(14)15/h3-9H,15H2,1-2H3. The average molecular weight is 229 g/mol. The van der Waals surface area contributed by atoms with Gasteiger partial charge in [-0.3, -0.25) is 0 Å². The summed E-state index contributed by atoms with van der Waals surface area (Å²) in [7, 11) is 0. The highest BCUT2D eigenvalue weighted by molar-refractivity contribution is 7.99. The first-order chi connectivity index (χ1) is 7.68. The summed E-state index contributed by atoms with van der Waals surface area (Å²) < 4.78 is 0. The number of nitrogen functional groups attached to an aromatic ring is 1. The van der Waals surface area contributed by atoms with Crippen molar-refractivity contribution in [2.45, 2.75) is 23.6 Å². The van der Waals surface area contributed by atoms with E-state index < -0.39 is 0 Å². The highest BCUT2D eigenvalue weighted by Crippen LogP contribution is 2.34. The molecule has 0 atom stereocenters. The second-order valence-electron chi connectivity index (χ2n) is 3.84. The molecule has 2 heteroatoms. The normalized spacial score (nSPS) is 10.4. The SMILES string of the molecule is Cc1cccc(Sc2ccccc2N)c1C. The van der Waals surface area contributed by atoms with Crippen molar-refractivity contribution in [1.82, 2.24) is 0 Å². The van der Waals surface area contributed by atoms with E-state index in [-0.39, 0.29) is 0 Å². The Hall–Kier alpha value is -1.41. The van der Waals surface area contributed by atoms with E-state index in [1.165, 1.54) is 16.0 Å². The Kier molecular flexibility index (Phi) is 3.20. The number of hydrogen-bond donors (Lipinski definition) is 1. The highest BCUT2D eigenvalue weighted by Gasteiger charge is 2.04. The molecule has 0 spiro atoms. The largest absolute Gasteiger partial charge is 0.398 e. The maximum absolute atomic E-state index is 5.94. The number of para-hydroxylation sites is 1. The van der Waals surface area contributed by atoms with Gasteiger partial charge in [0.2, 0.25) is 0 Å². The van der Waals surface area contributed by atoms with Gasteiger partial charge in [0.15, 0.2) is 0 Å². The molecule has 0 radical (unpaired) electrons. The van der Waals surface area contributed by atoms with Crippen molar-refractivity contribution in [2.24, 2.45) is 0 Å². The van der Waals surface area contributed by atoms with Crippen LogP contribution < -0.4 is 5.73 Å². The van der Waals surface area contributed by atoms with Crippen LogP contribution in [0.1, 0.15) is 11.1 Å². The summed E-state index contributed by atoms with van der Waals surface area (Å²) in [5, 5.41) is 0. The molecule has 16 heavy (non-hydrogen) atoms. The predicted octanol–water partition coefficient (Wildman–Crippen LogP) is 4.04. The lowest BCUT2D eigenvalue weighted by Crippen LogP contribution is -1.89. The third-order valence-corrected chi connectivity index (χ3v) is 3.95. The van der Waals surface area contributed by atoms with Crippen LogP contribution in [0.4, 0.5) is 5.69 Å². The Morgan fingerprint density at radius 1 is 0.875 bits per heavy atom. The topological polar surface area (TPSA) is 26.0 Å². The molecule has 0 aliphatic carbocycles. The maximum atomic E-state index is 5.94. The van der Waals surface area contributed by atoms with Crippen molar-refractivity contribution in [1.29, 1.82) is 0 Å². The van der Waals surface area contributed by atoms with Crippen LogP contribution in [-0.4, -0.2) is 0 Å². The van der Waals surface area contributed by atoms with Gasteiger partial charge in [-0.1, -0.05) is 36.0 Å². The second-order valence-corrected chi connectivity index (χ2v) is 4.92. The van der Waals surface area contributed by atoms with Gasteiger partial charge in [-0.05, 0) is 43.2 Å². The molecule has 82 valence electrons. The van der Waals surface area contributed by atoms with Crippen LogP contribution in [0.15, 0.2) is 52.3 Å². The molecule has 2 rings (SSSR count). The zero-order chi connectivity index (χ0) is 11.5. The van der Waals surface area contributed by atoms with Gasteiger partial charge in [-0.2, -0.15) is 0 Å². The van der Waals surface area contributed by atoms with Crippen molar-refractivity contribution in [3.05, 3.63) is 53.6 Å². The Morgan fingerprint density at radius 2 is 1.56 bits per heavy atom. The number of rotatable bonds is 2. The summed E-state index contributed by atoms with van der Waals surface area (Å²) in [6, 6.07) is 14.3. The van der Waals surface area contributed by atoms with Crippen molar-refractivity contribution >= 4 is 17.4 Å². The number of anilines is 1. The third kappa shape index (κ3) is 2.22. The molecule has 0 fully saturated rings. The van der Waals surface area contributed by atoms with E-state index in [4.69, 9.17) is 5.73 Å². The quantitative estimate of drug-likeness (QED) is 0.787. The molecule has 2 N–H and O–H groups in total. The van der Waals surface area contributed by atoms with E-state index >= 15 is 0 Å². The van der Waals surface area contributed by atoms with Crippen LogP contribution in [0.3, 0.4) is 0 Å². The van der Waals surface area contributed by atoms with Gasteiger partial charge in [0.25, 0.3) is 0 Å². The van der Waals surface area contributed by atoms with Crippen LogP contribution in [-0.2, 0) is 0 Å². The fourth-order valence-corrected chi connectivity index (χ4v) is 2.56. The molecular formula is C14H15NS. The lowest BCUT2D eigenvalue weighted by molar-refractivity contribution is 1.23. The molecule has 0 aliphatic heterocycles. The lowest BCUT2D eigenvalue weighted by Gasteiger charge is -2.09. The minimum absolute atomic E-state index is 0.841. The van der Waals surface area contributed by atoms with Gasteiger partial charge in [-0.25, -0.2) is 0 Å². The molecule has 0 saturated carbocycles. The van der Waals surface area contributed by atoms with Gasteiger partial charge in [0, 0.05) is 15.5 Å². The fourth-order valence-electron chi connectivity index (χ4n) is 1.53. The number of hydrogen-bond acceptors (Lipinski definition) is 2. The summed E-state index contributed by atoms with van der Waals surface area (Å²) in [5.74, 6) is 0. The van der Waals surface area contributed by atoms with Crippen molar-refractivity contribution in [3.63, 3.8) is 0 Å². The van der Waals surface area contributed by atoms with Crippen LogP contribution in [0, 0.1) is 13.8 Å². The molecule has 0 bridgehead atoms. The minimum Gasteiger partial charge on any atom is -0.398 e. The first-order valence-corrected chi connectivity index (χ1v) is 6.08. The summed E-state index contributed by atoms with van der Waals surface area (Å²) >= 11 is 1.73. The van der Waals surface area contributed by atoms with Crippen LogP contribution in [0.25, 0.3) is 0 Å². The van der Waals surface area contributed by atoms with E-state index in [9.17, 15) is 0 Å².